The summed E-state index contributed by atoms with van der Waals surface area (Å²) in [5, 5.41) is -0.409. The van der Waals surface area contributed by atoms with Crippen LogP contribution >= 0.6 is 15.9 Å². The lowest BCUT2D eigenvalue weighted by molar-refractivity contribution is 0.0416. The van der Waals surface area contributed by atoms with Gasteiger partial charge in [0, 0.05) is 16.4 Å². The predicted octanol–water partition coefficient (Wildman–Crippen LogP) is 2.78. The topological polar surface area (TPSA) is 69.4 Å². The molecule has 1 heterocycles. The van der Waals surface area contributed by atoms with Gasteiger partial charge in [-0.2, -0.15) is 0 Å². The Morgan fingerprint density at radius 3 is 2.41 bits per heavy atom. The first-order valence-corrected chi connectivity index (χ1v) is 10.2. The zero-order valence-electron chi connectivity index (χ0n) is 12.6. The smallest absolute Gasteiger partial charge is 0.186 e. The average molecular weight is 388 g/mol. The maximum absolute atomic E-state index is 12.5. The van der Waals surface area contributed by atoms with Gasteiger partial charge in [-0.3, -0.25) is 0 Å². The molecule has 3 rings (SSSR count). The summed E-state index contributed by atoms with van der Waals surface area (Å²) in [6.07, 6.45) is 5.80. The Morgan fingerprint density at radius 2 is 1.91 bits per heavy atom. The first-order chi connectivity index (χ1) is 10.5. The van der Waals surface area contributed by atoms with E-state index in [1.54, 1.807) is 6.07 Å². The van der Waals surface area contributed by atoms with E-state index in [4.69, 9.17) is 10.5 Å². The minimum absolute atomic E-state index is 0.00262. The van der Waals surface area contributed by atoms with Crippen LogP contribution in [0.5, 0.6) is 0 Å². The van der Waals surface area contributed by atoms with Crippen molar-refractivity contribution >= 4 is 25.8 Å². The Hall–Kier alpha value is -0.430. The zero-order valence-corrected chi connectivity index (χ0v) is 15.0. The fraction of sp³-hybridized carbons (Fsp3) is 0.625. The van der Waals surface area contributed by atoms with Gasteiger partial charge >= 0.3 is 0 Å². The normalized spacial score (nSPS) is 22.3. The quantitative estimate of drug-likeness (QED) is 0.861. The van der Waals surface area contributed by atoms with E-state index >= 15 is 0 Å². The molecule has 1 aliphatic heterocycles. The molecule has 0 amide bonds. The van der Waals surface area contributed by atoms with E-state index in [0.29, 0.717) is 29.1 Å². The van der Waals surface area contributed by atoms with Gasteiger partial charge in [0.2, 0.25) is 0 Å². The zero-order chi connectivity index (χ0) is 15.8. The van der Waals surface area contributed by atoms with Gasteiger partial charge in [-0.1, -0.05) is 25.3 Å². The summed E-state index contributed by atoms with van der Waals surface area (Å²) in [4.78, 5) is 0.368. The number of hydrogen-bond donors (Lipinski definition) is 1. The minimum Gasteiger partial charge on any atom is -0.379 e. The number of nitrogens with two attached hydrogens (primary N) is 1. The summed E-state index contributed by atoms with van der Waals surface area (Å²) >= 11 is 3.46. The highest BCUT2D eigenvalue weighted by molar-refractivity contribution is 9.10. The third kappa shape index (κ3) is 2.75. The second-order valence-electron chi connectivity index (χ2n) is 6.39. The van der Waals surface area contributed by atoms with Crippen LogP contribution in [0.4, 0.5) is 0 Å². The Morgan fingerprint density at radius 1 is 1.23 bits per heavy atom. The molecule has 2 fully saturated rings. The van der Waals surface area contributed by atoms with Crippen LogP contribution in [-0.4, -0.2) is 33.4 Å². The van der Waals surface area contributed by atoms with Crippen molar-refractivity contribution in [1.82, 2.24) is 0 Å². The van der Waals surface area contributed by atoms with Gasteiger partial charge in [-0.15, -0.1) is 0 Å². The lowest BCUT2D eigenvalue weighted by Crippen LogP contribution is -2.41. The van der Waals surface area contributed by atoms with Crippen LogP contribution in [0.25, 0.3) is 0 Å². The van der Waals surface area contributed by atoms with Crippen molar-refractivity contribution in [2.24, 2.45) is 5.73 Å². The van der Waals surface area contributed by atoms with Crippen molar-refractivity contribution < 1.29 is 13.2 Å². The molecule has 2 aliphatic rings. The molecule has 0 bridgehead atoms. The van der Waals surface area contributed by atoms with E-state index < -0.39 is 15.1 Å². The molecule has 1 aliphatic carbocycles. The molecule has 0 spiro atoms. The molecule has 1 saturated carbocycles. The van der Waals surface area contributed by atoms with Crippen molar-refractivity contribution in [3.63, 3.8) is 0 Å². The van der Waals surface area contributed by atoms with E-state index in [-0.39, 0.29) is 5.41 Å². The summed E-state index contributed by atoms with van der Waals surface area (Å²) in [6, 6.07) is 5.65. The number of ether oxygens (including phenoxy) is 1. The highest BCUT2D eigenvalue weighted by Crippen LogP contribution is 2.40. The second-order valence-corrected chi connectivity index (χ2v) is 9.45. The lowest BCUT2D eigenvalue weighted by Gasteiger charge is -2.37. The maximum Gasteiger partial charge on any atom is 0.186 e. The van der Waals surface area contributed by atoms with Gasteiger partial charge < -0.3 is 10.5 Å². The van der Waals surface area contributed by atoms with E-state index in [0.717, 1.165) is 18.4 Å². The van der Waals surface area contributed by atoms with Gasteiger partial charge in [-0.05, 0) is 46.5 Å². The van der Waals surface area contributed by atoms with Crippen molar-refractivity contribution in [2.45, 2.75) is 47.7 Å². The van der Waals surface area contributed by atoms with Crippen LogP contribution in [0.15, 0.2) is 27.6 Å². The largest absolute Gasteiger partial charge is 0.379 e. The third-order valence-electron chi connectivity index (χ3n) is 5.10. The first-order valence-electron chi connectivity index (χ1n) is 7.81. The molecule has 1 saturated heterocycles. The van der Waals surface area contributed by atoms with Crippen LogP contribution in [-0.2, 0) is 20.0 Å². The van der Waals surface area contributed by atoms with Crippen molar-refractivity contribution in [1.29, 1.82) is 0 Å². The molecule has 6 heteroatoms. The SMILES string of the molecule is NCC1(c2ccc(S(=O)(=O)C3COC3)c(Br)c2)CCCCC1. The van der Waals surface area contributed by atoms with Crippen LogP contribution < -0.4 is 5.73 Å². The molecule has 0 unspecified atom stereocenters. The lowest BCUT2D eigenvalue weighted by atomic mass is 9.69. The Kier molecular flexibility index (Phi) is 4.65. The van der Waals surface area contributed by atoms with E-state index in [2.05, 4.69) is 15.9 Å². The molecule has 0 aromatic heterocycles. The van der Waals surface area contributed by atoms with Gasteiger partial charge in [0.1, 0.15) is 5.25 Å². The van der Waals surface area contributed by atoms with Crippen LogP contribution in [0.3, 0.4) is 0 Å². The molecular weight excluding hydrogens is 366 g/mol. The van der Waals surface area contributed by atoms with E-state index in [1.165, 1.54) is 19.3 Å². The number of sulfone groups is 1. The Labute approximate surface area is 140 Å². The molecule has 0 radical (unpaired) electrons. The number of rotatable bonds is 4. The summed E-state index contributed by atoms with van der Waals surface area (Å²) in [7, 11) is -3.31. The van der Waals surface area contributed by atoms with Gasteiger partial charge in [0.15, 0.2) is 9.84 Å². The molecular formula is C16H22BrNO3S. The third-order valence-corrected chi connectivity index (χ3v) is 8.14. The highest BCUT2D eigenvalue weighted by Gasteiger charge is 2.37. The van der Waals surface area contributed by atoms with E-state index in [9.17, 15) is 8.42 Å². The monoisotopic (exact) mass is 387 g/mol. The van der Waals surface area contributed by atoms with Crippen molar-refractivity contribution in [3.8, 4) is 0 Å². The molecule has 1 aromatic carbocycles. The standard InChI is InChI=1S/C16H22BrNO3S/c17-14-8-12(16(11-18)6-2-1-3-7-16)4-5-15(14)22(19,20)13-9-21-10-13/h4-5,8,13H,1-3,6-7,9-11,18H2. The first kappa shape index (κ1) is 16.4. The number of halogens is 1. The Balaban J connectivity index is 1.95. The van der Waals surface area contributed by atoms with Gasteiger partial charge in [-0.25, -0.2) is 8.42 Å². The highest BCUT2D eigenvalue weighted by atomic mass is 79.9. The minimum atomic E-state index is -3.31. The summed E-state index contributed by atoms with van der Waals surface area (Å²) in [6.45, 7) is 1.20. The molecule has 22 heavy (non-hydrogen) atoms. The summed E-state index contributed by atoms with van der Waals surface area (Å²) in [5.41, 5.74) is 7.23. The van der Waals surface area contributed by atoms with Crippen LogP contribution in [0, 0.1) is 0 Å². The van der Waals surface area contributed by atoms with Crippen molar-refractivity contribution in [3.05, 3.63) is 28.2 Å². The molecule has 4 nitrogen and oxygen atoms in total. The average Bonchev–Trinajstić information content (AvgIpc) is 2.45. The van der Waals surface area contributed by atoms with Crippen LogP contribution in [0.1, 0.15) is 37.7 Å². The molecule has 0 atom stereocenters. The predicted molar refractivity (Wildman–Crippen MR) is 89.8 cm³/mol. The molecule has 2 N–H and O–H groups in total. The summed E-state index contributed by atoms with van der Waals surface area (Å²) < 4.78 is 30.7. The number of hydrogen-bond acceptors (Lipinski definition) is 4. The number of benzene rings is 1. The summed E-state index contributed by atoms with van der Waals surface area (Å²) in [5.74, 6) is 0. The van der Waals surface area contributed by atoms with E-state index in [1.807, 2.05) is 12.1 Å². The Bertz CT molecular complexity index is 649. The van der Waals surface area contributed by atoms with Gasteiger partial charge in [0.25, 0.3) is 0 Å². The van der Waals surface area contributed by atoms with Crippen LogP contribution in [0.2, 0.25) is 0 Å². The fourth-order valence-corrected chi connectivity index (χ4v) is 6.03. The maximum atomic E-state index is 12.5. The second kappa shape index (κ2) is 6.23. The molecule has 122 valence electrons. The fourth-order valence-electron chi connectivity index (χ4n) is 3.47. The molecule has 1 aromatic rings. The van der Waals surface area contributed by atoms with Crippen molar-refractivity contribution in [2.75, 3.05) is 19.8 Å². The van der Waals surface area contributed by atoms with Gasteiger partial charge in [0.05, 0.1) is 18.1 Å².